The second-order valence-electron chi connectivity index (χ2n) is 9.14. The molecule has 0 spiro atoms. The number of benzene rings is 1. The standard InChI is InChI=1S/C20H36N2O2Si/c1-20(2,3)19(24-6)21-18(23)16-14-15(12-13-22(4)5)10-11-17(16)25(7,8)9/h10-11,14,19H,12-13H2,1-9H3,(H,21,23). The van der Waals surface area contributed by atoms with Crippen LogP contribution in [0.5, 0.6) is 0 Å². The second-order valence-corrected chi connectivity index (χ2v) is 14.2. The fourth-order valence-corrected chi connectivity index (χ4v) is 4.34. The molecule has 0 heterocycles. The van der Waals surface area contributed by atoms with Crippen molar-refractivity contribution in [1.29, 1.82) is 0 Å². The number of methoxy groups -OCH3 is 1. The van der Waals surface area contributed by atoms with Crippen LogP contribution in [0, 0.1) is 5.41 Å². The van der Waals surface area contributed by atoms with E-state index in [1.54, 1.807) is 7.11 Å². The number of carbonyl (C=O) groups excluding carboxylic acids is 1. The zero-order valence-electron chi connectivity index (χ0n) is 17.5. The van der Waals surface area contributed by atoms with Crippen molar-refractivity contribution in [3.05, 3.63) is 29.3 Å². The van der Waals surface area contributed by atoms with Gasteiger partial charge >= 0.3 is 0 Å². The molecule has 4 nitrogen and oxygen atoms in total. The van der Waals surface area contributed by atoms with Gasteiger partial charge in [0.1, 0.15) is 6.23 Å². The first-order valence-corrected chi connectivity index (χ1v) is 12.5. The number of hydrogen-bond acceptors (Lipinski definition) is 3. The largest absolute Gasteiger partial charge is 0.361 e. The third kappa shape index (κ3) is 6.57. The molecule has 1 aromatic carbocycles. The zero-order valence-corrected chi connectivity index (χ0v) is 18.5. The van der Waals surface area contributed by atoms with Crippen LogP contribution >= 0.6 is 0 Å². The number of nitrogens with one attached hydrogen (secondary N) is 1. The number of rotatable bonds is 7. The number of amides is 1. The molecule has 1 atom stereocenters. The van der Waals surface area contributed by atoms with Crippen LogP contribution in [0.1, 0.15) is 36.7 Å². The van der Waals surface area contributed by atoms with Crippen molar-refractivity contribution in [2.45, 2.75) is 53.1 Å². The third-order valence-electron chi connectivity index (χ3n) is 4.27. The van der Waals surface area contributed by atoms with Crippen LogP contribution in [0.15, 0.2) is 18.2 Å². The smallest absolute Gasteiger partial charge is 0.253 e. The topological polar surface area (TPSA) is 41.6 Å². The normalized spacial score (nSPS) is 13.8. The average Bonchev–Trinajstić information content (AvgIpc) is 2.47. The Balaban J connectivity index is 3.19. The predicted molar refractivity (Wildman–Crippen MR) is 109 cm³/mol. The number of carbonyl (C=O) groups is 1. The Bertz CT molecular complexity index is 586. The maximum atomic E-state index is 13.0. The maximum absolute atomic E-state index is 13.0. The first-order chi connectivity index (χ1) is 11.4. The summed E-state index contributed by atoms with van der Waals surface area (Å²) < 4.78 is 5.51. The van der Waals surface area contributed by atoms with Crippen molar-refractivity contribution in [2.24, 2.45) is 5.41 Å². The molecule has 0 saturated heterocycles. The molecule has 1 rings (SSSR count). The Labute approximate surface area is 155 Å². The van der Waals surface area contributed by atoms with Gasteiger partial charge in [-0.05, 0) is 37.3 Å². The highest BCUT2D eigenvalue weighted by atomic mass is 28.3. The van der Waals surface area contributed by atoms with Crippen LogP contribution in [0.4, 0.5) is 0 Å². The molecule has 5 heteroatoms. The fraction of sp³-hybridized carbons (Fsp3) is 0.650. The summed E-state index contributed by atoms with van der Waals surface area (Å²) in [6, 6.07) is 6.40. The Morgan fingerprint density at radius 2 is 1.84 bits per heavy atom. The molecule has 142 valence electrons. The van der Waals surface area contributed by atoms with Gasteiger partial charge < -0.3 is 15.0 Å². The molecule has 0 fully saturated rings. The first-order valence-electron chi connectivity index (χ1n) is 8.98. The summed E-state index contributed by atoms with van der Waals surface area (Å²) in [4.78, 5) is 15.2. The van der Waals surface area contributed by atoms with E-state index in [9.17, 15) is 4.79 Å². The molecule has 1 amide bonds. The SMILES string of the molecule is COC(NC(=O)c1cc(CCN(C)C)ccc1[Si](C)(C)C)C(C)(C)C. The summed E-state index contributed by atoms with van der Waals surface area (Å²) in [5.74, 6) is -0.0362. The lowest BCUT2D eigenvalue weighted by molar-refractivity contribution is -0.00552. The van der Waals surface area contributed by atoms with E-state index in [2.05, 4.69) is 82.9 Å². The quantitative estimate of drug-likeness (QED) is 0.597. The van der Waals surface area contributed by atoms with Crippen LogP contribution < -0.4 is 10.5 Å². The predicted octanol–water partition coefficient (Wildman–Crippen LogP) is 3.08. The van der Waals surface area contributed by atoms with Gasteiger partial charge in [0.2, 0.25) is 0 Å². The molecule has 0 aliphatic rings. The minimum Gasteiger partial charge on any atom is -0.361 e. The van der Waals surface area contributed by atoms with E-state index < -0.39 is 8.07 Å². The summed E-state index contributed by atoms with van der Waals surface area (Å²) >= 11 is 0. The van der Waals surface area contributed by atoms with E-state index in [-0.39, 0.29) is 17.6 Å². The minimum atomic E-state index is -1.63. The van der Waals surface area contributed by atoms with Gasteiger partial charge in [0.15, 0.2) is 0 Å². The highest BCUT2D eigenvalue weighted by molar-refractivity contribution is 6.89. The molecule has 0 aliphatic carbocycles. The summed E-state index contributed by atoms with van der Waals surface area (Å²) in [5.41, 5.74) is 1.85. The molecule has 1 aromatic rings. The van der Waals surface area contributed by atoms with E-state index >= 15 is 0 Å². The summed E-state index contributed by atoms with van der Waals surface area (Å²) in [5, 5.41) is 4.27. The summed E-state index contributed by atoms with van der Waals surface area (Å²) in [7, 11) is 4.15. The molecule has 0 aliphatic heterocycles. The van der Waals surface area contributed by atoms with Crippen molar-refractivity contribution >= 4 is 19.2 Å². The van der Waals surface area contributed by atoms with Gasteiger partial charge in [-0.25, -0.2) is 0 Å². The lowest BCUT2D eigenvalue weighted by Gasteiger charge is -2.31. The van der Waals surface area contributed by atoms with Gasteiger partial charge in [0, 0.05) is 24.6 Å². The molecule has 0 aromatic heterocycles. The number of likely N-dealkylation sites (N-methyl/N-ethyl adjacent to an activating group) is 1. The van der Waals surface area contributed by atoms with Crippen molar-refractivity contribution in [1.82, 2.24) is 10.2 Å². The zero-order chi connectivity index (χ0) is 19.4. The monoisotopic (exact) mass is 364 g/mol. The number of ether oxygens (including phenoxy) is 1. The van der Waals surface area contributed by atoms with Crippen molar-refractivity contribution in [3.63, 3.8) is 0 Å². The first kappa shape index (κ1) is 21.9. The average molecular weight is 365 g/mol. The Hall–Kier alpha value is -1.17. The van der Waals surface area contributed by atoms with Gasteiger partial charge in [-0.1, -0.05) is 52.5 Å². The van der Waals surface area contributed by atoms with E-state index in [0.29, 0.717) is 0 Å². The Morgan fingerprint density at radius 1 is 1.24 bits per heavy atom. The molecule has 0 radical (unpaired) electrons. The van der Waals surface area contributed by atoms with Gasteiger partial charge in [0.05, 0.1) is 8.07 Å². The van der Waals surface area contributed by atoms with Crippen molar-refractivity contribution < 1.29 is 9.53 Å². The lowest BCUT2D eigenvalue weighted by atomic mass is 9.94. The Morgan fingerprint density at radius 3 is 2.28 bits per heavy atom. The van der Waals surface area contributed by atoms with Crippen molar-refractivity contribution in [2.75, 3.05) is 27.7 Å². The van der Waals surface area contributed by atoms with Crippen LogP contribution in [-0.4, -0.2) is 52.9 Å². The molecule has 1 unspecified atom stereocenters. The highest BCUT2D eigenvalue weighted by Gasteiger charge is 2.29. The Kier molecular flexibility index (Phi) is 7.41. The van der Waals surface area contributed by atoms with E-state index in [1.807, 2.05) is 0 Å². The molecule has 0 bridgehead atoms. The van der Waals surface area contributed by atoms with E-state index in [1.165, 1.54) is 10.8 Å². The van der Waals surface area contributed by atoms with Gasteiger partial charge in [-0.3, -0.25) is 4.79 Å². The molecule has 1 N–H and O–H groups in total. The van der Waals surface area contributed by atoms with E-state index in [4.69, 9.17) is 4.74 Å². The van der Waals surface area contributed by atoms with Gasteiger partial charge in [0.25, 0.3) is 5.91 Å². The summed E-state index contributed by atoms with van der Waals surface area (Å²) in [6.07, 6.45) is 0.617. The van der Waals surface area contributed by atoms with E-state index in [0.717, 1.165) is 18.5 Å². The fourth-order valence-electron chi connectivity index (χ4n) is 2.77. The summed E-state index contributed by atoms with van der Waals surface area (Å²) in [6.45, 7) is 14.0. The third-order valence-corrected chi connectivity index (χ3v) is 6.32. The lowest BCUT2D eigenvalue weighted by Crippen LogP contribution is -2.49. The second kappa shape index (κ2) is 8.47. The molecular formula is C20H36N2O2Si. The van der Waals surface area contributed by atoms with Crippen LogP contribution in [0.2, 0.25) is 19.6 Å². The molecular weight excluding hydrogens is 328 g/mol. The van der Waals surface area contributed by atoms with Crippen LogP contribution in [-0.2, 0) is 11.2 Å². The van der Waals surface area contributed by atoms with Crippen molar-refractivity contribution in [3.8, 4) is 0 Å². The minimum absolute atomic E-state index is 0.0362. The van der Waals surface area contributed by atoms with Crippen LogP contribution in [0.25, 0.3) is 0 Å². The van der Waals surface area contributed by atoms with Crippen LogP contribution in [0.3, 0.4) is 0 Å². The molecule has 0 saturated carbocycles. The van der Waals surface area contributed by atoms with Gasteiger partial charge in [-0.2, -0.15) is 0 Å². The number of nitrogens with zero attached hydrogens (tertiary/aromatic N) is 1. The van der Waals surface area contributed by atoms with Gasteiger partial charge in [-0.15, -0.1) is 0 Å². The molecule has 25 heavy (non-hydrogen) atoms. The highest BCUT2D eigenvalue weighted by Crippen LogP contribution is 2.20. The maximum Gasteiger partial charge on any atom is 0.253 e. The number of hydrogen-bond donors (Lipinski definition) is 1.